The number of quaternary nitrogens is 2. The largest absolute Gasteiger partial charge is 0.369 e. The van der Waals surface area contributed by atoms with Crippen LogP contribution in [0.3, 0.4) is 0 Å². The predicted octanol–water partition coefficient (Wildman–Crippen LogP) is 4.20. The van der Waals surface area contributed by atoms with Crippen molar-refractivity contribution in [2.75, 3.05) is 0 Å². The van der Waals surface area contributed by atoms with Crippen LogP contribution in [0.4, 0.5) is 0 Å². The van der Waals surface area contributed by atoms with Crippen LogP contribution >= 0.6 is 48.5 Å². The van der Waals surface area contributed by atoms with E-state index in [9.17, 15) is 0 Å². The molecule has 61 valence electrons. The van der Waals surface area contributed by atoms with Gasteiger partial charge in [0, 0.05) is 0 Å². The molecule has 0 rings (SSSR count). The van der Waals surface area contributed by atoms with Gasteiger partial charge in [-0.15, -0.1) is 0 Å². The first-order chi connectivity index (χ1) is 2.24. The zero-order valence-corrected chi connectivity index (χ0v) is 9.76. The molecule has 0 fully saturated rings. The monoisotopic (exact) mass is 313 g/mol. The van der Waals surface area contributed by atoms with Crippen molar-refractivity contribution >= 4 is 48.5 Å². The van der Waals surface area contributed by atoms with Gasteiger partial charge in [0.05, 0.1) is 0 Å². The maximum Gasteiger partial charge on any atom is -0.369 e. The van der Waals surface area contributed by atoms with E-state index >= 15 is 0 Å². The van der Waals surface area contributed by atoms with Gasteiger partial charge >= 0.3 is 57.1 Å². The van der Waals surface area contributed by atoms with Crippen LogP contribution < -0.4 is 12.3 Å². The second-order valence-corrected chi connectivity index (χ2v) is 26.9. The average molecular weight is 314 g/mol. The van der Waals surface area contributed by atoms with Crippen molar-refractivity contribution in [3.8, 4) is 0 Å². The second kappa shape index (κ2) is 3.99. The summed E-state index contributed by atoms with van der Waals surface area (Å²) in [5, 5.41) is 0. The van der Waals surface area contributed by atoms with E-state index in [0.29, 0.717) is 0 Å². The molecule has 8 heavy (non-hydrogen) atoms. The molecule has 0 amide bonds. The zero-order valence-electron chi connectivity index (χ0n) is 4.24. The van der Waals surface area contributed by atoms with Gasteiger partial charge in [-0.05, 0) is 0 Å². The van der Waals surface area contributed by atoms with Gasteiger partial charge in [-0.1, -0.05) is 0 Å². The third-order valence-electron chi connectivity index (χ3n) is 0. The molecule has 8 heteroatoms. The quantitative estimate of drug-likeness (QED) is 0.629. The molecule has 0 aromatic carbocycles. The fourth-order valence-corrected chi connectivity index (χ4v) is 0. The molecule has 0 radical (unpaired) electrons. The molecule has 0 heterocycles. The molecule has 0 aromatic rings. The van der Waals surface area contributed by atoms with Gasteiger partial charge in [0.25, 0.3) is 0 Å². The second-order valence-electron chi connectivity index (χ2n) is 0.505. The molecular formula is H8Cl5N2Ru. The van der Waals surface area contributed by atoms with Crippen molar-refractivity contribution in [3.63, 3.8) is 0 Å². The SMILES string of the molecule is [Cl][Ru-2]([Cl])([Cl])([Cl])[Cl].[NH4+].[NH4+]. The van der Waals surface area contributed by atoms with Crippen LogP contribution in [-0.4, -0.2) is 0 Å². The van der Waals surface area contributed by atoms with Gasteiger partial charge in [0.15, 0.2) is 0 Å². The minimum atomic E-state index is -4.11. The predicted molar refractivity (Wildman–Crippen MR) is 41.2 cm³/mol. The van der Waals surface area contributed by atoms with Crippen molar-refractivity contribution in [2.24, 2.45) is 0 Å². The Morgan fingerprint density at radius 3 is 0.625 bits per heavy atom. The van der Waals surface area contributed by atoms with Crippen molar-refractivity contribution in [3.05, 3.63) is 0 Å². The molecule has 0 aliphatic rings. The Labute approximate surface area is 68.9 Å². The van der Waals surface area contributed by atoms with Gasteiger partial charge < -0.3 is 12.3 Å². The summed E-state index contributed by atoms with van der Waals surface area (Å²) < 4.78 is 0. The minimum Gasteiger partial charge on any atom is -0.369 e. The summed E-state index contributed by atoms with van der Waals surface area (Å²) >= 11 is 0. The molecule has 8 N–H and O–H groups in total. The molecule has 0 aliphatic carbocycles. The summed E-state index contributed by atoms with van der Waals surface area (Å²) in [4.78, 5) is 0. The van der Waals surface area contributed by atoms with Gasteiger partial charge in [0.1, 0.15) is 0 Å². The van der Waals surface area contributed by atoms with E-state index < -0.39 is 8.65 Å². The van der Waals surface area contributed by atoms with Crippen LogP contribution in [0.2, 0.25) is 0 Å². The smallest absolute Gasteiger partial charge is 0.369 e. The van der Waals surface area contributed by atoms with Crippen molar-refractivity contribution in [2.45, 2.75) is 0 Å². The first-order valence-electron chi connectivity index (χ1n) is 0.668. The molecule has 0 aromatic heterocycles. The van der Waals surface area contributed by atoms with E-state index in [-0.39, 0.29) is 12.3 Å². The molecule has 2 nitrogen and oxygen atoms in total. The van der Waals surface area contributed by atoms with E-state index in [1.165, 1.54) is 0 Å². The van der Waals surface area contributed by atoms with Crippen LogP contribution in [0.5, 0.6) is 0 Å². The van der Waals surface area contributed by atoms with E-state index in [1.54, 1.807) is 0 Å². The van der Waals surface area contributed by atoms with E-state index in [2.05, 4.69) is 0 Å². The fourth-order valence-electron chi connectivity index (χ4n) is 0. The summed E-state index contributed by atoms with van der Waals surface area (Å²) in [6.07, 6.45) is 0. The average Bonchev–Trinajstić information content (AvgIpc) is 0.650. The summed E-state index contributed by atoms with van der Waals surface area (Å²) in [5.74, 6) is 0. The standard InChI is InChI=1S/5ClH.2H3N.Ru/h5*1H;2*1H3;/q;;;;;;;+3/p-3. The Kier molecular flexibility index (Phi) is 8.25. The number of halogens is 5. The Bertz CT molecular complexity index is 43.6. The van der Waals surface area contributed by atoms with Crippen molar-refractivity contribution in [1.29, 1.82) is 0 Å². The molecule has 0 bridgehead atoms. The summed E-state index contributed by atoms with van der Waals surface area (Å²) in [7, 11) is 21.0. The van der Waals surface area contributed by atoms with Gasteiger partial charge in [-0.2, -0.15) is 0 Å². The van der Waals surface area contributed by atoms with E-state index in [1.807, 2.05) is 0 Å². The van der Waals surface area contributed by atoms with Gasteiger partial charge in [0.2, 0.25) is 0 Å². The summed E-state index contributed by atoms with van der Waals surface area (Å²) in [6, 6.07) is 0. The Balaban J connectivity index is -0.000000125. The number of rotatable bonds is 0. The van der Waals surface area contributed by atoms with Crippen molar-refractivity contribution < 1.29 is 8.65 Å². The van der Waals surface area contributed by atoms with Gasteiger partial charge in [-0.25, -0.2) is 0 Å². The van der Waals surface area contributed by atoms with Crippen LogP contribution in [-0.2, 0) is 8.65 Å². The Morgan fingerprint density at radius 2 is 0.625 bits per heavy atom. The maximum atomic E-state index is 5.02. The molecule has 0 saturated carbocycles. The van der Waals surface area contributed by atoms with Crippen LogP contribution in [0, 0.1) is 0 Å². The first-order valence-corrected chi connectivity index (χ1v) is 11.9. The normalized spacial score (nSPS) is 14.4. The molecule has 0 spiro atoms. The zero-order chi connectivity index (χ0) is 5.45. The van der Waals surface area contributed by atoms with Crippen LogP contribution in [0.1, 0.15) is 0 Å². The molecular weight excluding hydrogens is 306 g/mol. The minimum absolute atomic E-state index is 0. The maximum absolute atomic E-state index is 5.02. The van der Waals surface area contributed by atoms with Crippen molar-refractivity contribution in [1.82, 2.24) is 12.3 Å². The number of hydrogen-bond acceptors (Lipinski definition) is 0. The number of hydrogen-bond donors (Lipinski definition) is 2. The topological polar surface area (TPSA) is 73.0 Å². The first kappa shape index (κ1) is 16.5. The van der Waals surface area contributed by atoms with E-state index in [4.69, 9.17) is 48.5 Å². The van der Waals surface area contributed by atoms with E-state index in [0.717, 1.165) is 0 Å². The van der Waals surface area contributed by atoms with Crippen LogP contribution in [0.15, 0.2) is 0 Å². The molecule has 0 atom stereocenters. The van der Waals surface area contributed by atoms with Crippen LogP contribution in [0.25, 0.3) is 0 Å². The van der Waals surface area contributed by atoms with Gasteiger partial charge in [-0.3, -0.25) is 0 Å². The third-order valence-corrected chi connectivity index (χ3v) is 0. The molecule has 0 unspecified atom stereocenters. The third kappa shape index (κ3) is 98.4. The molecule has 0 aliphatic heterocycles. The Hall–Kier alpha value is 1.99. The Morgan fingerprint density at radius 1 is 0.625 bits per heavy atom. The molecule has 0 saturated heterocycles. The summed E-state index contributed by atoms with van der Waals surface area (Å²) in [5.41, 5.74) is 0. The fraction of sp³-hybridized carbons (Fsp3) is 0. The summed E-state index contributed by atoms with van der Waals surface area (Å²) in [6.45, 7) is 0.